The van der Waals surface area contributed by atoms with Gasteiger partial charge >= 0.3 is 0 Å². The molecule has 3 rings (SSSR count). The van der Waals surface area contributed by atoms with Gasteiger partial charge in [-0.2, -0.15) is 0 Å². The summed E-state index contributed by atoms with van der Waals surface area (Å²) in [4.78, 5) is 29.8. The Hall–Kier alpha value is -2.57. The van der Waals surface area contributed by atoms with Crippen molar-refractivity contribution in [1.29, 1.82) is 0 Å². The molecule has 0 heterocycles. The monoisotopic (exact) mass is 552 g/mol. The van der Waals surface area contributed by atoms with Crippen molar-refractivity contribution in [3.8, 4) is 0 Å². The average Bonchev–Trinajstić information content (AvgIpc) is 2.86. The average molecular weight is 554 g/mol. The first kappa shape index (κ1) is 27.0. The highest BCUT2D eigenvalue weighted by atomic mass is 79.9. The van der Waals surface area contributed by atoms with Gasteiger partial charge in [0, 0.05) is 41.1 Å². The Morgan fingerprint density at radius 3 is 2.37 bits per heavy atom. The number of rotatable bonds is 12. The molecule has 35 heavy (non-hydrogen) atoms. The van der Waals surface area contributed by atoms with E-state index in [4.69, 9.17) is 0 Å². The topological polar surface area (TPSA) is 49.4 Å². The number of hydrogen-bond acceptors (Lipinski definition) is 3. The van der Waals surface area contributed by atoms with Gasteiger partial charge in [0.1, 0.15) is 6.04 Å². The predicted molar refractivity (Wildman–Crippen MR) is 148 cm³/mol. The Labute approximate surface area is 221 Å². The summed E-state index contributed by atoms with van der Waals surface area (Å²) in [6.07, 6.45) is 1.68. The Kier molecular flexibility index (Phi) is 10.9. The maximum absolute atomic E-state index is 13.6. The first-order chi connectivity index (χ1) is 17.0. The first-order valence-electron chi connectivity index (χ1n) is 12.0. The third-order valence-corrected chi connectivity index (χ3v) is 7.17. The van der Waals surface area contributed by atoms with Gasteiger partial charge < -0.3 is 10.2 Å². The molecule has 6 heteroatoms. The Morgan fingerprint density at radius 1 is 0.971 bits per heavy atom. The van der Waals surface area contributed by atoms with Gasteiger partial charge in [-0.3, -0.25) is 9.59 Å². The molecule has 0 bridgehead atoms. The number of halogens is 1. The summed E-state index contributed by atoms with van der Waals surface area (Å²) in [5, 5.41) is 3.03. The summed E-state index contributed by atoms with van der Waals surface area (Å²) in [5.41, 5.74) is 3.23. The molecular weight excluding hydrogens is 520 g/mol. The highest BCUT2D eigenvalue weighted by molar-refractivity contribution is 9.10. The van der Waals surface area contributed by atoms with Crippen molar-refractivity contribution in [2.45, 2.75) is 50.6 Å². The smallest absolute Gasteiger partial charge is 0.243 e. The van der Waals surface area contributed by atoms with Gasteiger partial charge in [0.25, 0.3) is 0 Å². The number of hydrogen-bond donors (Lipinski definition) is 1. The normalized spacial score (nSPS) is 11.6. The second-order valence-corrected chi connectivity index (χ2v) is 10.6. The molecule has 3 aromatic rings. The number of carbonyl (C=O) groups excluding carboxylic acids is 2. The maximum Gasteiger partial charge on any atom is 0.243 e. The van der Waals surface area contributed by atoms with Crippen LogP contribution in [0.15, 0.2) is 88.2 Å². The Morgan fingerprint density at radius 2 is 1.69 bits per heavy atom. The standard InChI is InChI=1S/C29H33BrN2O2S/c1-3-17-31-29(34)27(20-23-8-5-4-6-9-23)32(21-24-10-7-11-25(30)19-24)28(33)16-18-35-26-14-12-22(2)13-15-26/h4-15,19,27H,3,16-18,20-21H2,1-2H3,(H,31,34). The van der Waals surface area contributed by atoms with Crippen molar-refractivity contribution >= 4 is 39.5 Å². The fourth-order valence-electron chi connectivity index (χ4n) is 3.79. The van der Waals surface area contributed by atoms with E-state index in [1.54, 1.807) is 16.7 Å². The van der Waals surface area contributed by atoms with E-state index in [9.17, 15) is 9.59 Å². The number of nitrogens with one attached hydrogen (secondary N) is 1. The highest BCUT2D eigenvalue weighted by Crippen LogP contribution is 2.22. The molecule has 0 aliphatic carbocycles. The lowest BCUT2D eigenvalue weighted by atomic mass is 10.0. The van der Waals surface area contributed by atoms with Gasteiger partial charge in [0.05, 0.1) is 0 Å². The summed E-state index contributed by atoms with van der Waals surface area (Å²) in [5.74, 6) is 0.535. The molecule has 0 aromatic heterocycles. The van der Waals surface area contributed by atoms with E-state index < -0.39 is 6.04 Å². The van der Waals surface area contributed by atoms with Crippen molar-refractivity contribution in [1.82, 2.24) is 10.2 Å². The molecule has 2 amide bonds. The van der Waals surface area contributed by atoms with E-state index in [0.29, 0.717) is 31.7 Å². The van der Waals surface area contributed by atoms with Gasteiger partial charge in [-0.25, -0.2) is 0 Å². The summed E-state index contributed by atoms with van der Waals surface area (Å²) in [6, 6.07) is 25.6. The van der Waals surface area contributed by atoms with Crippen LogP contribution >= 0.6 is 27.7 Å². The van der Waals surface area contributed by atoms with Crippen LogP contribution in [0.1, 0.15) is 36.5 Å². The molecule has 0 aliphatic heterocycles. The number of aryl methyl sites for hydroxylation is 1. The zero-order chi connectivity index (χ0) is 25.0. The van der Waals surface area contributed by atoms with Gasteiger partial charge in [-0.05, 0) is 48.7 Å². The third-order valence-electron chi connectivity index (χ3n) is 5.67. The van der Waals surface area contributed by atoms with Crippen LogP contribution in [0.5, 0.6) is 0 Å². The van der Waals surface area contributed by atoms with Crippen LogP contribution in [0.2, 0.25) is 0 Å². The molecule has 0 radical (unpaired) electrons. The largest absolute Gasteiger partial charge is 0.354 e. The van der Waals surface area contributed by atoms with Crippen molar-refractivity contribution in [3.05, 3.63) is 100 Å². The minimum Gasteiger partial charge on any atom is -0.354 e. The van der Waals surface area contributed by atoms with Crippen molar-refractivity contribution in [3.63, 3.8) is 0 Å². The molecule has 1 unspecified atom stereocenters. The van der Waals surface area contributed by atoms with Crippen LogP contribution in [0.25, 0.3) is 0 Å². The zero-order valence-electron chi connectivity index (χ0n) is 20.4. The zero-order valence-corrected chi connectivity index (χ0v) is 22.8. The molecule has 0 saturated heterocycles. The number of amides is 2. The van der Waals surface area contributed by atoms with Crippen LogP contribution < -0.4 is 5.32 Å². The summed E-state index contributed by atoms with van der Waals surface area (Å²) in [6.45, 7) is 5.06. The molecule has 1 N–H and O–H groups in total. The van der Waals surface area contributed by atoms with Crippen molar-refractivity contribution in [2.75, 3.05) is 12.3 Å². The van der Waals surface area contributed by atoms with Gasteiger partial charge in [0.15, 0.2) is 0 Å². The van der Waals surface area contributed by atoms with E-state index in [2.05, 4.69) is 52.4 Å². The van der Waals surface area contributed by atoms with Crippen LogP contribution in [-0.4, -0.2) is 35.1 Å². The second-order valence-electron chi connectivity index (χ2n) is 8.56. The molecule has 184 valence electrons. The lowest BCUT2D eigenvalue weighted by molar-refractivity contribution is -0.141. The fraction of sp³-hybridized carbons (Fsp3) is 0.310. The van der Waals surface area contributed by atoms with E-state index in [0.717, 1.165) is 26.9 Å². The minimum atomic E-state index is -0.584. The minimum absolute atomic E-state index is 0.0165. The van der Waals surface area contributed by atoms with Crippen molar-refractivity contribution < 1.29 is 9.59 Å². The quantitative estimate of drug-likeness (QED) is 0.264. The van der Waals surface area contributed by atoms with E-state index in [1.807, 2.05) is 61.5 Å². The Bertz CT molecular complexity index is 1090. The lowest BCUT2D eigenvalue weighted by Crippen LogP contribution is -2.50. The molecular formula is C29H33BrN2O2S. The molecule has 4 nitrogen and oxygen atoms in total. The van der Waals surface area contributed by atoms with E-state index >= 15 is 0 Å². The Balaban J connectivity index is 1.82. The first-order valence-corrected chi connectivity index (χ1v) is 13.8. The lowest BCUT2D eigenvalue weighted by Gasteiger charge is -2.31. The van der Waals surface area contributed by atoms with Crippen LogP contribution in [0.4, 0.5) is 0 Å². The summed E-state index contributed by atoms with van der Waals surface area (Å²) in [7, 11) is 0. The molecule has 0 saturated carbocycles. The molecule has 1 atom stereocenters. The van der Waals surface area contributed by atoms with Gasteiger partial charge in [0.2, 0.25) is 11.8 Å². The molecule has 3 aromatic carbocycles. The van der Waals surface area contributed by atoms with Gasteiger partial charge in [-0.1, -0.05) is 83.0 Å². The summed E-state index contributed by atoms with van der Waals surface area (Å²) >= 11 is 5.20. The third kappa shape index (κ3) is 8.86. The summed E-state index contributed by atoms with van der Waals surface area (Å²) < 4.78 is 0.951. The number of benzene rings is 3. The number of nitrogens with zero attached hydrogens (tertiary/aromatic N) is 1. The SMILES string of the molecule is CCCNC(=O)C(Cc1ccccc1)N(Cc1cccc(Br)c1)C(=O)CCSc1ccc(C)cc1. The fourth-order valence-corrected chi connectivity index (χ4v) is 5.07. The van der Waals surface area contributed by atoms with Gasteiger partial charge in [-0.15, -0.1) is 11.8 Å². The van der Waals surface area contributed by atoms with E-state index in [-0.39, 0.29) is 11.8 Å². The number of thioether (sulfide) groups is 1. The van der Waals surface area contributed by atoms with Crippen LogP contribution in [-0.2, 0) is 22.6 Å². The van der Waals surface area contributed by atoms with Crippen LogP contribution in [0, 0.1) is 6.92 Å². The van der Waals surface area contributed by atoms with Crippen LogP contribution in [0.3, 0.4) is 0 Å². The predicted octanol–water partition coefficient (Wildman–Crippen LogP) is 6.41. The van der Waals surface area contributed by atoms with E-state index in [1.165, 1.54) is 5.56 Å². The molecule has 0 aliphatic rings. The highest BCUT2D eigenvalue weighted by Gasteiger charge is 2.30. The second kappa shape index (κ2) is 14.1. The molecule has 0 spiro atoms. The maximum atomic E-state index is 13.6. The van der Waals surface area contributed by atoms with Crippen molar-refractivity contribution in [2.24, 2.45) is 0 Å². The molecule has 0 fully saturated rings. The number of carbonyl (C=O) groups is 2.